The molecule has 1 aliphatic rings. The molecule has 1 heterocycles. The Bertz CT molecular complexity index is 199. The summed E-state index contributed by atoms with van der Waals surface area (Å²) in [5.74, 6) is -0.152. The second kappa shape index (κ2) is 2.86. The molecular weight excluding hydrogens is 154 g/mol. The van der Waals surface area contributed by atoms with E-state index < -0.39 is 10.0 Å². The average Bonchev–Trinajstić information content (AvgIpc) is 1.87. The summed E-state index contributed by atoms with van der Waals surface area (Å²) in [5, 5.41) is 0. The van der Waals surface area contributed by atoms with Crippen LogP contribution in [0.3, 0.4) is 0 Å². The predicted molar refractivity (Wildman–Crippen MR) is 37.0 cm³/mol. The maximum atomic E-state index is 11.0. The molecule has 1 aliphatic heterocycles. The van der Waals surface area contributed by atoms with Crippen molar-refractivity contribution in [1.82, 2.24) is 4.31 Å². The molecule has 0 bridgehead atoms. The van der Waals surface area contributed by atoms with Crippen molar-refractivity contribution in [3.8, 4) is 0 Å². The summed E-state index contributed by atoms with van der Waals surface area (Å²) in [6.07, 6.45) is 0. The SMILES string of the molecule is CCN1CCOCS1(=O)=O. The molecule has 0 amide bonds. The van der Waals surface area contributed by atoms with Gasteiger partial charge in [-0.1, -0.05) is 6.92 Å². The Morgan fingerprint density at radius 3 is 2.70 bits per heavy atom. The highest BCUT2D eigenvalue weighted by atomic mass is 32.2. The summed E-state index contributed by atoms with van der Waals surface area (Å²) in [5.41, 5.74) is 0. The maximum Gasteiger partial charge on any atom is 0.238 e. The van der Waals surface area contributed by atoms with E-state index in [0.717, 1.165) is 0 Å². The lowest BCUT2D eigenvalue weighted by Gasteiger charge is -2.24. The smallest absolute Gasteiger partial charge is 0.238 e. The van der Waals surface area contributed by atoms with Gasteiger partial charge in [0.1, 0.15) is 0 Å². The number of nitrogens with zero attached hydrogens (tertiary/aromatic N) is 1. The topological polar surface area (TPSA) is 46.6 Å². The average molecular weight is 165 g/mol. The molecule has 0 N–H and O–H groups in total. The van der Waals surface area contributed by atoms with E-state index in [1.165, 1.54) is 4.31 Å². The van der Waals surface area contributed by atoms with Crippen molar-refractivity contribution in [2.75, 3.05) is 25.6 Å². The van der Waals surface area contributed by atoms with E-state index in [9.17, 15) is 8.42 Å². The minimum absolute atomic E-state index is 0.152. The highest BCUT2D eigenvalue weighted by Gasteiger charge is 2.24. The monoisotopic (exact) mass is 165 g/mol. The van der Waals surface area contributed by atoms with Crippen LogP contribution in [-0.4, -0.2) is 38.4 Å². The van der Waals surface area contributed by atoms with E-state index in [0.29, 0.717) is 19.7 Å². The molecular formula is C5H11NO3S. The fourth-order valence-electron chi connectivity index (χ4n) is 0.899. The van der Waals surface area contributed by atoms with Crippen LogP contribution in [0.2, 0.25) is 0 Å². The molecule has 1 rings (SSSR count). The van der Waals surface area contributed by atoms with Gasteiger partial charge < -0.3 is 4.74 Å². The first kappa shape index (κ1) is 7.97. The zero-order chi connectivity index (χ0) is 7.61. The van der Waals surface area contributed by atoms with Crippen LogP contribution in [0.15, 0.2) is 0 Å². The van der Waals surface area contributed by atoms with Crippen LogP contribution in [0, 0.1) is 0 Å². The number of ether oxygens (including phenoxy) is 1. The Kier molecular flexibility index (Phi) is 2.28. The van der Waals surface area contributed by atoms with Crippen LogP contribution in [-0.2, 0) is 14.8 Å². The highest BCUT2D eigenvalue weighted by Crippen LogP contribution is 2.06. The second-order valence-electron chi connectivity index (χ2n) is 2.13. The van der Waals surface area contributed by atoms with Gasteiger partial charge in [-0.05, 0) is 0 Å². The van der Waals surface area contributed by atoms with Gasteiger partial charge in [-0.3, -0.25) is 0 Å². The van der Waals surface area contributed by atoms with Crippen LogP contribution >= 0.6 is 0 Å². The van der Waals surface area contributed by atoms with Crippen LogP contribution in [0.25, 0.3) is 0 Å². The number of hydrogen-bond acceptors (Lipinski definition) is 3. The molecule has 0 spiro atoms. The lowest BCUT2D eigenvalue weighted by Crippen LogP contribution is -2.40. The quantitative estimate of drug-likeness (QED) is 0.532. The third-order valence-corrected chi connectivity index (χ3v) is 3.16. The Balaban J connectivity index is 2.70. The second-order valence-corrected chi connectivity index (χ2v) is 4.05. The van der Waals surface area contributed by atoms with Crippen molar-refractivity contribution >= 4 is 10.0 Å². The van der Waals surface area contributed by atoms with Gasteiger partial charge in [0, 0.05) is 13.1 Å². The first-order chi connectivity index (χ1) is 4.67. The summed E-state index contributed by atoms with van der Waals surface area (Å²) >= 11 is 0. The number of likely N-dealkylation sites (N-methyl/N-ethyl adjacent to an activating group) is 1. The molecule has 4 nitrogen and oxygen atoms in total. The van der Waals surface area contributed by atoms with Crippen LogP contribution in [0.5, 0.6) is 0 Å². The van der Waals surface area contributed by atoms with Gasteiger partial charge in [0.25, 0.3) is 0 Å². The minimum atomic E-state index is -3.06. The number of sulfonamides is 1. The fourth-order valence-corrected chi connectivity index (χ4v) is 2.12. The van der Waals surface area contributed by atoms with Gasteiger partial charge in [0.2, 0.25) is 10.0 Å². The van der Waals surface area contributed by atoms with Gasteiger partial charge in [-0.25, -0.2) is 8.42 Å². The molecule has 0 aromatic rings. The summed E-state index contributed by atoms with van der Waals surface area (Å²) in [6, 6.07) is 0. The third kappa shape index (κ3) is 1.47. The Labute approximate surface area is 60.8 Å². The van der Waals surface area contributed by atoms with Crippen LogP contribution in [0.4, 0.5) is 0 Å². The molecule has 0 aromatic carbocycles. The third-order valence-electron chi connectivity index (χ3n) is 1.46. The number of rotatable bonds is 1. The Morgan fingerprint density at radius 1 is 1.60 bits per heavy atom. The van der Waals surface area contributed by atoms with Gasteiger partial charge >= 0.3 is 0 Å². The van der Waals surface area contributed by atoms with E-state index in [2.05, 4.69) is 0 Å². The lowest BCUT2D eigenvalue weighted by atomic mass is 10.6. The Morgan fingerprint density at radius 2 is 2.30 bits per heavy atom. The van der Waals surface area contributed by atoms with Crippen molar-refractivity contribution in [1.29, 1.82) is 0 Å². The largest absolute Gasteiger partial charge is 0.363 e. The van der Waals surface area contributed by atoms with Gasteiger partial charge in [0.05, 0.1) is 6.61 Å². The van der Waals surface area contributed by atoms with Crippen molar-refractivity contribution in [3.63, 3.8) is 0 Å². The van der Waals surface area contributed by atoms with E-state index in [1.807, 2.05) is 6.92 Å². The standard InChI is InChI=1S/C5H11NO3S/c1-2-6-3-4-9-5-10(6,7)8/h2-5H2,1H3. The summed E-state index contributed by atoms with van der Waals surface area (Å²) in [7, 11) is -3.06. The molecule has 60 valence electrons. The van der Waals surface area contributed by atoms with Gasteiger partial charge in [0.15, 0.2) is 5.94 Å². The van der Waals surface area contributed by atoms with Gasteiger partial charge in [-0.15, -0.1) is 0 Å². The molecule has 0 saturated carbocycles. The van der Waals surface area contributed by atoms with Crippen LogP contribution < -0.4 is 0 Å². The normalized spacial score (nSPS) is 26.5. The molecule has 0 atom stereocenters. The van der Waals surface area contributed by atoms with E-state index >= 15 is 0 Å². The molecule has 10 heavy (non-hydrogen) atoms. The summed E-state index contributed by atoms with van der Waals surface area (Å²) < 4.78 is 28.2. The van der Waals surface area contributed by atoms with E-state index in [4.69, 9.17) is 4.74 Å². The van der Waals surface area contributed by atoms with E-state index in [1.54, 1.807) is 0 Å². The Hall–Kier alpha value is -0.130. The first-order valence-electron chi connectivity index (χ1n) is 3.22. The van der Waals surface area contributed by atoms with Crippen molar-refractivity contribution in [3.05, 3.63) is 0 Å². The zero-order valence-corrected chi connectivity index (χ0v) is 6.73. The summed E-state index contributed by atoms with van der Waals surface area (Å²) in [4.78, 5) is 0. The first-order valence-corrected chi connectivity index (χ1v) is 4.83. The van der Waals surface area contributed by atoms with Gasteiger partial charge in [-0.2, -0.15) is 4.31 Å². The predicted octanol–water partition coefficient (Wildman–Crippen LogP) is -0.374. The molecule has 1 fully saturated rings. The molecule has 0 unspecified atom stereocenters. The van der Waals surface area contributed by atoms with Crippen molar-refractivity contribution in [2.24, 2.45) is 0 Å². The molecule has 0 aromatic heterocycles. The molecule has 0 radical (unpaired) electrons. The summed E-state index contributed by atoms with van der Waals surface area (Å²) in [6.45, 7) is 3.39. The minimum Gasteiger partial charge on any atom is -0.363 e. The van der Waals surface area contributed by atoms with Crippen molar-refractivity contribution < 1.29 is 13.2 Å². The zero-order valence-electron chi connectivity index (χ0n) is 5.91. The molecule has 0 aliphatic carbocycles. The molecule has 1 saturated heterocycles. The van der Waals surface area contributed by atoms with Crippen molar-refractivity contribution in [2.45, 2.75) is 6.92 Å². The van der Waals surface area contributed by atoms with E-state index in [-0.39, 0.29) is 5.94 Å². The number of hydrogen-bond donors (Lipinski definition) is 0. The fraction of sp³-hybridized carbons (Fsp3) is 1.00. The van der Waals surface area contributed by atoms with Crippen LogP contribution in [0.1, 0.15) is 6.92 Å². The highest BCUT2D eigenvalue weighted by molar-refractivity contribution is 7.88. The lowest BCUT2D eigenvalue weighted by molar-refractivity contribution is 0.134. The molecule has 5 heteroatoms. The maximum absolute atomic E-state index is 11.0.